The third-order valence-electron chi connectivity index (χ3n) is 4.71. The lowest BCUT2D eigenvalue weighted by atomic mass is 9.89. The summed E-state index contributed by atoms with van der Waals surface area (Å²) in [6.07, 6.45) is 0.0985. The van der Waals surface area contributed by atoms with E-state index in [0.717, 1.165) is 0 Å². The first-order valence-corrected chi connectivity index (χ1v) is 9.20. The standard InChI is InChI=1S/C21H18ClNO7/c1-21(10-12-4-6-13(22)9-15(12)19(26)30-21)20(27)23-16-8-11(17(24)28-2)5-7-14(16)18(25)29-3/h4-9H,10H2,1-3H3,(H,23,27)/t21-/m1/s1. The number of benzene rings is 2. The van der Waals surface area contributed by atoms with Crippen molar-refractivity contribution in [2.24, 2.45) is 0 Å². The van der Waals surface area contributed by atoms with Crippen molar-refractivity contribution in [2.75, 3.05) is 19.5 Å². The summed E-state index contributed by atoms with van der Waals surface area (Å²) in [5, 5.41) is 2.94. The van der Waals surface area contributed by atoms with Crippen molar-refractivity contribution in [3.63, 3.8) is 0 Å². The quantitative estimate of drug-likeness (QED) is 0.585. The Morgan fingerprint density at radius 3 is 2.43 bits per heavy atom. The fourth-order valence-electron chi connectivity index (χ4n) is 3.11. The third-order valence-corrected chi connectivity index (χ3v) is 4.95. The number of carbonyl (C=O) groups is 4. The summed E-state index contributed by atoms with van der Waals surface area (Å²) in [6, 6.07) is 8.74. The zero-order chi connectivity index (χ0) is 22.1. The normalized spacial score (nSPS) is 17.4. The molecule has 1 amide bonds. The van der Waals surface area contributed by atoms with Crippen LogP contribution in [0.3, 0.4) is 0 Å². The van der Waals surface area contributed by atoms with Gasteiger partial charge in [-0.1, -0.05) is 17.7 Å². The second kappa shape index (κ2) is 8.16. The minimum atomic E-state index is -1.55. The number of amides is 1. The molecule has 1 N–H and O–H groups in total. The number of hydrogen-bond donors (Lipinski definition) is 1. The molecule has 0 fully saturated rings. The van der Waals surface area contributed by atoms with E-state index in [4.69, 9.17) is 21.1 Å². The smallest absolute Gasteiger partial charge is 0.339 e. The molecule has 9 heteroatoms. The second-order valence-corrected chi connectivity index (χ2v) is 7.23. The van der Waals surface area contributed by atoms with Gasteiger partial charge in [0.15, 0.2) is 5.60 Å². The highest BCUT2D eigenvalue weighted by Crippen LogP contribution is 2.31. The minimum Gasteiger partial charge on any atom is -0.465 e. The van der Waals surface area contributed by atoms with E-state index in [0.29, 0.717) is 10.6 Å². The molecule has 156 valence electrons. The van der Waals surface area contributed by atoms with Gasteiger partial charge in [-0.2, -0.15) is 0 Å². The highest BCUT2D eigenvalue weighted by Gasteiger charge is 2.43. The fourth-order valence-corrected chi connectivity index (χ4v) is 3.29. The summed E-state index contributed by atoms with van der Waals surface area (Å²) in [6.45, 7) is 1.46. The van der Waals surface area contributed by atoms with E-state index in [1.807, 2.05) is 0 Å². The second-order valence-electron chi connectivity index (χ2n) is 6.80. The molecule has 1 aliphatic rings. The Balaban J connectivity index is 1.94. The van der Waals surface area contributed by atoms with Gasteiger partial charge < -0.3 is 19.5 Å². The average Bonchev–Trinajstić information content (AvgIpc) is 2.73. The van der Waals surface area contributed by atoms with Crippen molar-refractivity contribution in [1.29, 1.82) is 0 Å². The Kier molecular flexibility index (Phi) is 5.80. The predicted molar refractivity (Wildman–Crippen MR) is 107 cm³/mol. The molecule has 30 heavy (non-hydrogen) atoms. The number of methoxy groups -OCH3 is 2. The number of anilines is 1. The molecular formula is C21H18ClNO7. The Morgan fingerprint density at radius 2 is 1.77 bits per heavy atom. The van der Waals surface area contributed by atoms with Crippen molar-refractivity contribution in [3.05, 3.63) is 63.7 Å². The number of rotatable bonds is 4. The van der Waals surface area contributed by atoms with E-state index in [1.54, 1.807) is 12.1 Å². The summed E-state index contributed by atoms with van der Waals surface area (Å²) in [7, 11) is 2.40. The maximum absolute atomic E-state index is 13.0. The first kappa shape index (κ1) is 21.3. The number of cyclic esters (lactones) is 1. The molecule has 0 aliphatic carbocycles. The summed E-state index contributed by atoms with van der Waals surface area (Å²) >= 11 is 5.93. The lowest BCUT2D eigenvalue weighted by Gasteiger charge is -2.33. The summed E-state index contributed by atoms with van der Waals surface area (Å²) in [5.74, 6) is -2.73. The van der Waals surface area contributed by atoms with Gasteiger partial charge >= 0.3 is 17.9 Å². The maximum Gasteiger partial charge on any atom is 0.339 e. The van der Waals surface area contributed by atoms with E-state index in [9.17, 15) is 19.2 Å². The molecule has 0 saturated heterocycles. The van der Waals surface area contributed by atoms with Gasteiger partial charge in [0.05, 0.1) is 36.6 Å². The molecular weight excluding hydrogens is 414 g/mol. The number of halogens is 1. The fraction of sp³-hybridized carbons (Fsp3) is 0.238. The monoisotopic (exact) mass is 431 g/mol. The van der Waals surface area contributed by atoms with Crippen LogP contribution in [0.2, 0.25) is 5.02 Å². The van der Waals surface area contributed by atoms with Crippen LogP contribution in [0.5, 0.6) is 0 Å². The molecule has 1 heterocycles. The summed E-state index contributed by atoms with van der Waals surface area (Å²) < 4.78 is 14.8. The van der Waals surface area contributed by atoms with Gasteiger partial charge in [0, 0.05) is 11.4 Å². The van der Waals surface area contributed by atoms with Crippen molar-refractivity contribution >= 4 is 41.1 Å². The zero-order valence-electron chi connectivity index (χ0n) is 16.4. The largest absolute Gasteiger partial charge is 0.465 e. The molecule has 0 bridgehead atoms. The highest BCUT2D eigenvalue weighted by atomic mass is 35.5. The van der Waals surface area contributed by atoms with Crippen molar-refractivity contribution < 1.29 is 33.4 Å². The minimum absolute atomic E-state index is 0.0222. The number of nitrogens with one attached hydrogen (secondary N) is 1. The van der Waals surface area contributed by atoms with Gasteiger partial charge in [-0.3, -0.25) is 4.79 Å². The Labute approximate surface area is 177 Å². The van der Waals surface area contributed by atoms with Gasteiger partial charge in [-0.25, -0.2) is 14.4 Å². The Morgan fingerprint density at radius 1 is 1.07 bits per heavy atom. The molecule has 0 radical (unpaired) electrons. The number of hydrogen-bond acceptors (Lipinski definition) is 7. The number of carbonyl (C=O) groups excluding carboxylic acids is 4. The molecule has 3 rings (SSSR count). The number of fused-ring (bicyclic) bond motifs is 1. The number of ether oxygens (including phenoxy) is 3. The molecule has 1 atom stereocenters. The lowest BCUT2D eigenvalue weighted by Crippen LogP contribution is -2.49. The van der Waals surface area contributed by atoms with Crippen molar-refractivity contribution in [1.82, 2.24) is 0 Å². The van der Waals surface area contributed by atoms with Gasteiger partial charge in [0.1, 0.15) is 0 Å². The van der Waals surface area contributed by atoms with E-state index in [2.05, 4.69) is 10.1 Å². The highest BCUT2D eigenvalue weighted by molar-refractivity contribution is 6.31. The first-order valence-electron chi connectivity index (χ1n) is 8.82. The third kappa shape index (κ3) is 3.99. The van der Waals surface area contributed by atoms with Gasteiger partial charge in [0.25, 0.3) is 5.91 Å². The SMILES string of the molecule is COC(=O)c1ccc(C(=O)OC)c(NC(=O)[C@@]2(C)Cc3ccc(Cl)cc3C(=O)O2)c1. The van der Waals surface area contributed by atoms with Crippen molar-refractivity contribution in [2.45, 2.75) is 18.9 Å². The predicted octanol–water partition coefficient (Wildman–Crippen LogP) is 3.02. The van der Waals surface area contributed by atoms with E-state index in [-0.39, 0.29) is 28.8 Å². The molecule has 2 aromatic rings. The maximum atomic E-state index is 13.0. The van der Waals surface area contributed by atoms with E-state index < -0.39 is 29.4 Å². The molecule has 2 aromatic carbocycles. The molecule has 0 saturated carbocycles. The molecule has 0 unspecified atom stereocenters. The van der Waals surface area contributed by atoms with Crippen LogP contribution < -0.4 is 5.32 Å². The molecule has 1 aliphatic heterocycles. The average molecular weight is 432 g/mol. The van der Waals surface area contributed by atoms with Crippen molar-refractivity contribution in [3.8, 4) is 0 Å². The zero-order valence-corrected chi connectivity index (χ0v) is 17.2. The van der Waals surface area contributed by atoms with Crippen LogP contribution in [0.25, 0.3) is 0 Å². The summed E-state index contributed by atoms with van der Waals surface area (Å²) in [5.41, 5.74) is -0.496. The van der Waals surface area contributed by atoms with Crippen LogP contribution in [-0.4, -0.2) is 43.6 Å². The van der Waals surface area contributed by atoms with Crippen LogP contribution in [-0.2, 0) is 25.4 Å². The molecule has 8 nitrogen and oxygen atoms in total. The van der Waals surface area contributed by atoms with Gasteiger partial charge in [-0.05, 0) is 42.8 Å². The summed E-state index contributed by atoms with van der Waals surface area (Å²) in [4.78, 5) is 49.4. The Hall–Kier alpha value is -3.39. The van der Waals surface area contributed by atoms with Crippen LogP contribution in [0, 0.1) is 0 Å². The van der Waals surface area contributed by atoms with E-state index in [1.165, 1.54) is 45.4 Å². The van der Waals surface area contributed by atoms with Crippen LogP contribution >= 0.6 is 11.6 Å². The van der Waals surface area contributed by atoms with Gasteiger partial charge in [0.2, 0.25) is 0 Å². The lowest BCUT2D eigenvalue weighted by molar-refractivity contribution is -0.134. The van der Waals surface area contributed by atoms with Crippen LogP contribution in [0.15, 0.2) is 36.4 Å². The van der Waals surface area contributed by atoms with Gasteiger partial charge in [-0.15, -0.1) is 0 Å². The Bertz CT molecular complexity index is 1070. The van der Waals surface area contributed by atoms with Crippen LogP contribution in [0.4, 0.5) is 5.69 Å². The molecule has 0 spiro atoms. The topological polar surface area (TPSA) is 108 Å². The molecule has 0 aromatic heterocycles. The van der Waals surface area contributed by atoms with Crippen LogP contribution in [0.1, 0.15) is 43.6 Å². The first-order chi connectivity index (χ1) is 14.2. The number of esters is 3. The van der Waals surface area contributed by atoms with E-state index >= 15 is 0 Å².